The van der Waals surface area contributed by atoms with Gasteiger partial charge in [0.25, 0.3) is 0 Å². The van der Waals surface area contributed by atoms with Gasteiger partial charge in [-0.3, -0.25) is 4.79 Å². The number of hydrogen-bond acceptors (Lipinski definition) is 5. The van der Waals surface area contributed by atoms with E-state index in [9.17, 15) is 14.7 Å². The van der Waals surface area contributed by atoms with Gasteiger partial charge >= 0.3 is 5.97 Å². The van der Waals surface area contributed by atoms with Crippen LogP contribution in [0.2, 0.25) is 5.02 Å². The highest BCUT2D eigenvalue weighted by molar-refractivity contribution is 6.31. The van der Waals surface area contributed by atoms with Crippen LogP contribution in [0.5, 0.6) is 11.5 Å². The van der Waals surface area contributed by atoms with Gasteiger partial charge < -0.3 is 14.6 Å². The summed E-state index contributed by atoms with van der Waals surface area (Å²) in [4.78, 5) is 23.8. The van der Waals surface area contributed by atoms with E-state index in [1.807, 2.05) is 0 Å². The van der Waals surface area contributed by atoms with Crippen molar-refractivity contribution in [1.29, 1.82) is 0 Å². The monoisotopic (exact) mass is 320 g/mol. The topological polar surface area (TPSA) is 72.8 Å². The van der Waals surface area contributed by atoms with Crippen LogP contribution in [0.3, 0.4) is 0 Å². The zero-order valence-corrected chi connectivity index (χ0v) is 12.5. The van der Waals surface area contributed by atoms with Crippen molar-refractivity contribution in [2.24, 2.45) is 0 Å². The third kappa shape index (κ3) is 3.77. The fraction of sp³-hybridized carbons (Fsp3) is 0.125. The SMILES string of the molecule is COc1ccc(C(=O)COC(=O)c2cc(Cl)ccc2O)cc1. The maximum absolute atomic E-state index is 11.9. The number of hydrogen-bond donors (Lipinski definition) is 1. The molecule has 6 heteroatoms. The van der Waals surface area contributed by atoms with Crippen LogP contribution in [0, 0.1) is 0 Å². The lowest BCUT2D eigenvalue weighted by Gasteiger charge is -2.07. The van der Waals surface area contributed by atoms with E-state index in [-0.39, 0.29) is 22.1 Å². The zero-order valence-electron chi connectivity index (χ0n) is 11.7. The minimum atomic E-state index is -0.818. The minimum Gasteiger partial charge on any atom is -0.507 e. The van der Waals surface area contributed by atoms with Gasteiger partial charge in [0, 0.05) is 10.6 Å². The average Bonchev–Trinajstić information content (AvgIpc) is 2.54. The molecule has 0 atom stereocenters. The molecule has 1 N–H and O–H groups in total. The first-order chi connectivity index (χ1) is 10.5. The highest BCUT2D eigenvalue weighted by Gasteiger charge is 2.15. The second kappa shape index (κ2) is 6.95. The molecule has 0 aliphatic heterocycles. The smallest absolute Gasteiger partial charge is 0.342 e. The molecule has 2 rings (SSSR count). The molecule has 0 heterocycles. The van der Waals surface area contributed by atoms with Gasteiger partial charge in [0.15, 0.2) is 12.4 Å². The Labute approximate surface area is 132 Å². The molecule has 0 aliphatic rings. The van der Waals surface area contributed by atoms with Gasteiger partial charge in [0.2, 0.25) is 0 Å². The molecule has 0 bridgehead atoms. The fourth-order valence-electron chi connectivity index (χ4n) is 1.74. The predicted molar refractivity (Wildman–Crippen MR) is 80.7 cm³/mol. The van der Waals surface area contributed by atoms with Crippen LogP contribution >= 0.6 is 11.6 Å². The second-order valence-corrected chi connectivity index (χ2v) is 4.83. The summed E-state index contributed by atoms with van der Waals surface area (Å²) in [5.41, 5.74) is 0.305. The number of aromatic hydroxyl groups is 1. The zero-order chi connectivity index (χ0) is 16.1. The van der Waals surface area contributed by atoms with E-state index in [4.69, 9.17) is 21.1 Å². The van der Waals surface area contributed by atoms with Crippen LogP contribution in [0.1, 0.15) is 20.7 Å². The van der Waals surface area contributed by atoms with Gasteiger partial charge in [-0.2, -0.15) is 0 Å². The molecule has 0 saturated heterocycles. The molecule has 0 radical (unpaired) electrons. The van der Waals surface area contributed by atoms with Crippen LogP contribution in [0.25, 0.3) is 0 Å². The highest BCUT2D eigenvalue weighted by Crippen LogP contribution is 2.22. The molecule has 114 valence electrons. The number of methoxy groups -OCH3 is 1. The third-order valence-corrected chi connectivity index (χ3v) is 3.16. The number of benzene rings is 2. The Morgan fingerprint density at radius 2 is 1.82 bits per heavy atom. The Bertz CT molecular complexity index is 694. The molecule has 0 amide bonds. The van der Waals surface area contributed by atoms with Crippen molar-refractivity contribution in [2.75, 3.05) is 13.7 Å². The van der Waals surface area contributed by atoms with Crippen LogP contribution in [-0.2, 0) is 4.74 Å². The van der Waals surface area contributed by atoms with Crippen molar-refractivity contribution in [1.82, 2.24) is 0 Å². The standard InChI is InChI=1S/C16H13ClO5/c1-21-12-5-2-10(3-6-12)15(19)9-22-16(20)13-8-11(17)4-7-14(13)18/h2-8,18H,9H2,1H3. The van der Waals surface area contributed by atoms with E-state index in [1.165, 1.54) is 25.3 Å². The average molecular weight is 321 g/mol. The van der Waals surface area contributed by atoms with E-state index in [1.54, 1.807) is 24.3 Å². The Balaban J connectivity index is 2.00. The maximum atomic E-state index is 11.9. The van der Waals surface area contributed by atoms with Crippen molar-refractivity contribution in [3.8, 4) is 11.5 Å². The summed E-state index contributed by atoms with van der Waals surface area (Å²) < 4.78 is 9.89. The minimum absolute atomic E-state index is 0.0879. The number of halogens is 1. The molecule has 0 spiro atoms. The molecule has 0 unspecified atom stereocenters. The maximum Gasteiger partial charge on any atom is 0.342 e. The Kier molecular flexibility index (Phi) is 5.01. The number of phenols is 1. The number of rotatable bonds is 5. The first-order valence-corrected chi connectivity index (χ1v) is 6.72. The van der Waals surface area contributed by atoms with Crippen molar-refractivity contribution >= 4 is 23.4 Å². The summed E-state index contributed by atoms with van der Waals surface area (Å²) in [5, 5.41) is 9.87. The number of ether oxygens (including phenoxy) is 2. The van der Waals surface area contributed by atoms with Crippen LogP contribution in [-0.4, -0.2) is 30.6 Å². The first kappa shape index (κ1) is 15.9. The van der Waals surface area contributed by atoms with Crippen molar-refractivity contribution < 1.29 is 24.2 Å². The summed E-state index contributed by atoms with van der Waals surface area (Å²) in [6, 6.07) is 10.4. The van der Waals surface area contributed by atoms with Crippen LogP contribution in [0.15, 0.2) is 42.5 Å². The lowest BCUT2D eigenvalue weighted by molar-refractivity contribution is 0.0472. The molecule has 0 aliphatic carbocycles. The molecular weight excluding hydrogens is 308 g/mol. The van der Waals surface area contributed by atoms with Gasteiger partial charge in [-0.15, -0.1) is 0 Å². The molecule has 0 fully saturated rings. The first-order valence-electron chi connectivity index (χ1n) is 6.34. The van der Waals surface area contributed by atoms with Gasteiger partial charge in [-0.25, -0.2) is 4.79 Å². The van der Waals surface area contributed by atoms with E-state index >= 15 is 0 Å². The predicted octanol–water partition coefficient (Wildman–Crippen LogP) is 3.09. The molecule has 2 aromatic carbocycles. The van der Waals surface area contributed by atoms with Crippen molar-refractivity contribution in [3.05, 3.63) is 58.6 Å². The van der Waals surface area contributed by atoms with Gasteiger partial charge in [0.05, 0.1) is 7.11 Å². The Morgan fingerprint density at radius 3 is 2.45 bits per heavy atom. The lowest BCUT2D eigenvalue weighted by atomic mass is 10.1. The van der Waals surface area contributed by atoms with E-state index in [0.717, 1.165) is 0 Å². The van der Waals surface area contributed by atoms with E-state index < -0.39 is 12.6 Å². The highest BCUT2D eigenvalue weighted by atomic mass is 35.5. The fourth-order valence-corrected chi connectivity index (χ4v) is 1.91. The third-order valence-electron chi connectivity index (χ3n) is 2.92. The van der Waals surface area contributed by atoms with E-state index in [2.05, 4.69) is 0 Å². The van der Waals surface area contributed by atoms with Crippen LogP contribution < -0.4 is 4.74 Å². The summed E-state index contributed by atoms with van der Waals surface area (Å²) in [5.74, 6) is -0.817. The normalized spacial score (nSPS) is 10.1. The Morgan fingerprint density at radius 1 is 1.14 bits per heavy atom. The summed E-state index contributed by atoms with van der Waals surface area (Å²) >= 11 is 5.75. The molecule has 5 nitrogen and oxygen atoms in total. The summed E-state index contributed by atoms with van der Waals surface area (Å²) in [7, 11) is 1.52. The number of ketones is 1. The number of esters is 1. The Hall–Kier alpha value is -2.53. The van der Waals surface area contributed by atoms with Gasteiger partial charge in [-0.1, -0.05) is 11.6 Å². The summed E-state index contributed by atoms with van der Waals surface area (Å²) in [6.45, 7) is -0.433. The summed E-state index contributed by atoms with van der Waals surface area (Å²) in [6.07, 6.45) is 0. The molecule has 22 heavy (non-hydrogen) atoms. The largest absolute Gasteiger partial charge is 0.507 e. The van der Waals surface area contributed by atoms with Gasteiger partial charge in [-0.05, 0) is 42.5 Å². The molecule has 0 saturated carbocycles. The quantitative estimate of drug-likeness (QED) is 0.677. The van der Waals surface area contributed by atoms with Crippen LogP contribution in [0.4, 0.5) is 0 Å². The second-order valence-electron chi connectivity index (χ2n) is 4.39. The lowest BCUT2D eigenvalue weighted by Crippen LogP contribution is -2.14. The number of carbonyl (C=O) groups excluding carboxylic acids is 2. The number of phenolic OH excluding ortho intramolecular Hbond substituents is 1. The molecule has 0 aromatic heterocycles. The van der Waals surface area contributed by atoms with Crippen molar-refractivity contribution in [3.63, 3.8) is 0 Å². The number of carbonyl (C=O) groups is 2. The van der Waals surface area contributed by atoms with Crippen molar-refractivity contribution in [2.45, 2.75) is 0 Å². The van der Waals surface area contributed by atoms with Gasteiger partial charge in [0.1, 0.15) is 17.1 Å². The molecule has 2 aromatic rings. The number of Topliss-reactive ketones (excluding diaryl/α,β-unsaturated/α-hetero) is 1. The molecular formula is C16H13ClO5. The van der Waals surface area contributed by atoms with E-state index in [0.29, 0.717) is 11.3 Å².